The molecule has 0 bridgehead atoms. The maximum absolute atomic E-state index is 13.8. The third kappa shape index (κ3) is 4.44. The van der Waals surface area contributed by atoms with Crippen LogP contribution in [0.3, 0.4) is 0 Å². The molecule has 1 aliphatic heterocycles. The van der Waals surface area contributed by atoms with E-state index in [1.807, 2.05) is 37.3 Å². The Morgan fingerprint density at radius 3 is 2.38 bits per heavy atom. The number of carbonyl (C=O) groups excluding carboxylic acids is 1. The lowest BCUT2D eigenvalue weighted by atomic mass is 9.86. The van der Waals surface area contributed by atoms with Crippen LogP contribution < -0.4 is 0 Å². The van der Waals surface area contributed by atoms with Gasteiger partial charge in [0, 0.05) is 18.8 Å². The fourth-order valence-electron chi connectivity index (χ4n) is 4.14. The van der Waals surface area contributed by atoms with E-state index in [9.17, 15) is 18.0 Å². The summed E-state index contributed by atoms with van der Waals surface area (Å²) >= 11 is 12.3. The highest BCUT2D eigenvalue weighted by Gasteiger charge is 2.43. The summed E-state index contributed by atoms with van der Waals surface area (Å²) in [5.74, 6) is -1.19. The SMILES string of the molecule is CC1=Nc2cc(C(F)(F)F)nn2C(c2ccc(Cl)c(Cl)c2)C1C(=O)N(C)C(C)c1ccccc1. The zero-order chi connectivity index (χ0) is 24.8. The second-order valence-electron chi connectivity index (χ2n) is 8.22. The minimum absolute atomic E-state index is 0.0173. The molecule has 1 aromatic heterocycles. The van der Waals surface area contributed by atoms with Gasteiger partial charge in [-0.25, -0.2) is 9.67 Å². The Hall–Kier alpha value is -2.84. The fraction of sp³-hybridized carbons (Fsp3) is 0.292. The highest BCUT2D eigenvalue weighted by Crippen LogP contribution is 2.42. The molecule has 0 N–H and O–H groups in total. The van der Waals surface area contributed by atoms with Crippen molar-refractivity contribution in [3.8, 4) is 0 Å². The number of carbonyl (C=O) groups is 1. The van der Waals surface area contributed by atoms with Gasteiger partial charge < -0.3 is 4.90 Å². The second-order valence-corrected chi connectivity index (χ2v) is 9.03. The highest BCUT2D eigenvalue weighted by atomic mass is 35.5. The standard InChI is InChI=1S/C24H21Cl2F3N4O/c1-13-21(23(34)32(3)14(2)15-7-5-4-6-8-15)22(16-9-10-17(25)18(26)11-16)33-20(30-13)12-19(31-33)24(27,28)29/h4-12,14,21-22H,1-3H3. The number of fused-ring (bicyclic) bond motifs is 1. The van der Waals surface area contributed by atoms with Gasteiger partial charge in [0.05, 0.1) is 22.1 Å². The van der Waals surface area contributed by atoms with Crippen LogP contribution >= 0.6 is 23.2 Å². The molecule has 2 heterocycles. The van der Waals surface area contributed by atoms with E-state index in [1.165, 1.54) is 0 Å². The molecule has 10 heteroatoms. The Balaban J connectivity index is 1.82. The molecule has 0 saturated carbocycles. The molecule has 3 unspecified atom stereocenters. The van der Waals surface area contributed by atoms with Crippen LogP contribution in [0.2, 0.25) is 10.0 Å². The number of benzene rings is 2. The molecule has 4 rings (SSSR count). The van der Waals surface area contributed by atoms with Crippen LogP contribution in [0.4, 0.5) is 19.0 Å². The summed E-state index contributed by atoms with van der Waals surface area (Å²) in [6.45, 7) is 3.52. The number of alkyl halides is 3. The topological polar surface area (TPSA) is 50.5 Å². The fourth-order valence-corrected chi connectivity index (χ4v) is 4.45. The zero-order valence-corrected chi connectivity index (χ0v) is 20.0. The summed E-state index contributed by atoms with van der Waals surface area (Å²) < 4.78 is 41.5. The lowest BCUT2D eigenvalue weighted by Gasteiger charge is -2.36. The molecule has 0 fully saturated rings. The van der Waals surface area contributed by atoms with Crippen molar-refractivity contribution >= 4 is 40.6 Å². The monoisotopic (exact) mass is 508 g/mol. The van der Waals surface area contributed by atoms with Crippen molar-refractivity contribution in [1.82, 2.24) is 14.7 Å². The van der Waals surface area contributed by atoms with Gasteiger partial charge in [0.15, 0.2) is 11.5 Å². The summed E-state index contributed by atoms with van der Waals surface area (Å²) in [4.78, 5) is 19.7. The highest BCUT2D eigenvalue weighted by molar-refractivity contribution is 6.42. The number of hydrogen-bond donors (Lipinski definition) is 0. The molecule has 0 radical (unpaired) electrons. The Morgan fingerprint density at radius 2 is 1.76 bits per heavy atom. The Morgan fingerprint density at radius 1 is 1.09 bits per heavy atom. The van der Waals surface area contributed by atoms with Crippen LogP contribution in [0.1, 0.15) is 42.8 Å². The minimum atomic E-state index is -4.66. The molecule has 178 valence electrons. The van der Waals surface area contributed by atoms with E-state index in [1.54, 1.807) is 37.1 Å². The first-order valence-electron chi connectivity index (χ1n) is 10.5. The van der Waals surface area contributed by atoms with E-state index in [0.717, 1.165) is 16.3 Å². The number of aliphatic imine (C=N–C) groups is 1. The van der Waals surface area contributed by atoms with E-state index in [0.29, 0.717) is 16.3 Å². The Kier molecular flexibility index (Phi) is 6.48. The van der Waals surface area contributed by atoms with E-state index < -0.39 is 23.8 Å². The number of aromatic nitrogens is 2. The summed E-state index contributed by atoms with van der Waals surface area (Å²) in [5.41, 5.74) is 0.729. The van der Waals surface area contributed by atoms with Crippen LogP contribution in [0.25, 0.3) is 0 Å². The van der Waals surface area contributed by atoms with Crippen molar-refractivity contribution in [3.05, 3.63) is 81.5 Å². The molecular formula is C24H21Cl2F3N4O. The molecule has 3 aromatic rings. The van der Waals surface area contributed by atoms with Crippen molar-refractivity contribution < 1.29 is 18.0 Å². The summed E-state index contributed by atoms with van der Waals surface area (Å²) in [5, 5.41) is 4.32. The van der Waals surface area contributed by atoms with E-state index in [2.05, 4.69) is 10.1 Å². The summed E-state index contributed by atoms with van der Waals surface area (Å²) in [7, 11) is 1.67. The van der Waals surface area contributed by atoms with E-state index >= 15 is 0 Å². The molecule has 0 spiro atoms. The summed E-state index contributed by atoms with van der Waals surface area (Å²) in [6.07, 6.45) is -4.66. The molecular weight excluding hydrogens is 488 g/mol. The quantitative estimate of drug-likeness (QED) is 0.391. The first kappa shape index (κ1) is 24.3. The van der Waals surface area contributed by atoms with Gasteiger partial charge in [0.1, 0.15) is 5.92 Å². The van der Waals surface area contributed by atoms with Gasteiger partial charge in [0.25, 0.3) is 0 Å². The third-order valence-corrected chi connectivity index (χ3v) is 6.83. The van der Waals surface area contributed by atoms with Gasteiger partial charge in [0.2, 0.25) is 5.91 Å². The van der Waals surface area contributed by atoms with Crippen LogP contribution in [0.5, 0.6) is 0 Å². The number of nitrogens with zero attached hydrogens (tertiary/aromatic N) is 4. The lowest BCUT2D eigenvalue weighted by Crippen LogP contribution is -2.44. The second kappa shape index (κ2) is 9.07. The number of hydrogen-bond acceptors (Lipinski definition) is 3. The molecule has 0 saturated heterocycles. The molecule has 34 heavy (non-hydrogen) atoms. The molecule has 3 atom stereocenters. The zero-order valence-electron chi connectivity index (χ0n) is 18.5. The number of halogens is 5. The van der Waals surface area contributed by atoms with Gasteiger partial charge in [-0.15, -0.1) is 0 Å². The van der Waals surface area contributed by atoms with Crippen molar-refractivity contribution in [2.75, 3.05) is 7.05 Å². The Bertz CT molecular complexity index is 1260. The Labute approximate surface area is 204 Å². The van der Waals surface area contributed by atoms with Crippen LogP contribution in [-0.4, -0.2) is 33.3 Å². The van der Waals surface area contributed by atoms with Gasteiger partial charge in [-0.1, -0.05) is 59.6 Å². The van der Waals surface area contributed by atoms with Gasteiger partial charge in [-0.05, 0) is 37.1 Å². The van der Waals surface area contributed by atoms with Crippen LogP contribution in [-0.2, 0) is 11.0 Å². The van der Waals surface area contributed by atoms with Crippen LogP contribution in [0, 0.1) is 5.92 Å². The molecule has 5 nitrogen and oxygen atoms in total. The average Bonchev–Trinajstić information content (AvgIpc) is 3.23. The van der Waals surface area contributed by atoms with Gasteiger partial charge in [-0.2, -0.15) is 18.3 Å². The number of amides is 1. The molecule has 1 aliphatic rings. The maximum Gasteiger partial charge on any atom is 0.435 e. The lowest BCUT2D eigenvalue weighted by molar-refractivity contribution is -0.141. The molecule has 2 aromatic carbocycles. The van der Waals surface area contributed by atoms with Crippen molar-refractivity contribution in [2.24, 2.45) is 10.9 Å². The first-order valence-corrected chi connectivity index (χ1v) is 11.2. The maximum atomic E-state index is 13.8. The minimum Gasteiger partial charge on any atom is -0.338 e. The van der Waals surface area contributed by atoms with Crippen LogP contribution in [0.15, 0.2) is 59.6 Å². The first-order chi connectivity index (χ1) is 16.0. The predicted octanol–water partition coefficient (Wildman–Crippen LogP) is 6.74. The normalized spacial score (nSPS) is 18.8. The average molecular weight is 509 g/mol. The third-order valence-electron chi connectivity index (χ3n) is 6.09. The van der Waals surface area contributed by atoms with Gasteiger partial charge in [-0.3, -0.25) is 4.79 Å². The van der Waals surface area contributed by atoms with E-state index in [-0.39, 0.29) is 22.8 Å². The number of rotatable bonds is 4. The van der Waals surface area contributed by atoms with Gasteiger partial charge >= 0.3 is 6.18 Å². The van der Waals surface area contributed by atoms with Crippen molar-refractivity contribution in [2.45, 2.75) is 32.1 Å². The van der Waals surface area contributed by atoms with Crippen molar-refractivity contribution in [1.29, 1.82) is 0 Å². The molecule has 0 aliphatic carbocycles. The predicted molar refractivity (Wildman–Crippen MR) is 126 cm³/mol. The summed E-state index contributed by atoms with van der Waals surface area (Å²) in [6, 6.07) is 13.9. The smallest absolute Gasteiger partial charge is 0.338 e. The van der Waals surface area contributed by atoms with Crippen molar-refractivity contribution in [3.63, 3.8) is 0 Å². The largest absolute Gasteiger partial charge is 0.435 e. The van der Waals surface area contributed by atoms with E-state index in [4.69, 9.17) is 23.2 Å². The molecule has 1 amide bonds.